The maximum atomic E-state index is 4.63. The van der Waals surface area contributed by atoms with Crippen molar-refractivity contribution in [1.82, 2.24) is 9.97 Å². The van der Waals surface area contributed by atoms with Crippen LogP contribution in [-0.4, -0.2) is 9.97 Å². The summed E-state index contributed by atoms with van der Waals surface area (Å²) < 4.78 is 0. The molecule has 0 aliphatic heterocycles. The van der Waals surface area contributed by atoms with Gasteiger partial charge in [-0.15, -0.1) is 0 Å². The van der Waals surface area contributed by atoms with Crippen molar-refractivity contribution in [1.29, 1.82) is 0 Å². The van der Waals surface area contributed by atoms with Gasteiger partial charge in [0.05, 0.1) is 11.0 Å². The molecule has 2 heteroatoms. The number of hydrogen-bond acceptors (Lipinski definition) is 2. The van der Waals surface area contributed by atoms with Crippen LogP contribution in [0.2, 0.25) is 0 Å². The zero-order chi connectivity index (χ0) is 13.1. The third-order valence-corrected chi connectivity index (χ3v) is 4.37. The fourth-order valence-corrected chi connectivity index (χ4v) is 3.55. The zero-order valence-electron chi connectivity index (χ0n) is 10.9. The van der Waals surface area contributed by atoms with Crippen LogP contribution in [0.5, 0.6) is 0 Å². The molecule has 4 aromatic rings. The summed E-state index contributed by atoms with van der Waals surface area (Å²) in [6.07, 6.45) is 6.02. The highest BCUT2D eigenvalue weighted by Crippen LogP contribution is 2.39. The fourth-order valence-electron chi connectivity index (χ4n) is 3.55. The Kier molecular flexibility index (Phi) is 1.83. The highest BCUT2D eigenvalue weighted by molar-refractivity contribution is 6.20. The monoisotopic (exact) mass is 256 g/mol. The van der Waals surface area contributed by atoms with Gasteiger partial charge in [0.1, 0.15) is 0 Å². The first kappa shape index (κ1) is 10.3. The van der Waals surface area contributed by atoms with E-state index in [9.17, 15) is 0 Å². The maximum absolute atomic E-state index is 4.63. The molecule has 0 spiro atoms. The van der Waals surface area contributed by atoms with Crippen LogP contribution in [0.4, 0.5) is 0 Å². The molecule has 94 valence electrons. The van der Waals surface area contributed by atoms with Gasteiger partial charge in [0, 0.05) is 28.6 Å². The van der Waals surface area contributed by atoms with Gasteiger partial charge >= 0.3 is 0 Å². The van der Waals surface area contributed by atoms with E-state index in [4.69, 9.17) is 0 Å². The Hall–Kier alpha value is -2.48. The highest BCUT2D eigenvalue weighted by atomic mass is 14.7. The van der Waals surface area contributed by atoms with Gasteiger partial charge < -0.3 is 0 Å². The third kappa shape index (κ3) is 1.19. The Morgan fingerprint density at radius 1 is 0.700 bits per heavy atom. The Morgan fingerprint density at radius 3 is 1.80 bits per heavy atom. The Balaban J connectivity index is 2.20. The van der Waals surface area contributed by atoms with Crippen molar-refractivity contribution in [3.63, 3.8) is 0 Å². The van der Waals surface area contributed by atoms with Gasteiger partial charge in [-0.2, -0.15) is 0 Å². The minimum atomic E-state index is 1.08. The molecule has 2 aromatic carbocycles. The van der Waals surface area contributed by atoms with Crippen molar-refractivity contribution in [3.8, 4) is 0 Å². The molecule has 5 rings (SSSR count). The number of benzene rings is 2. The van der Waals surface area contributed by atoms with Crippen molar-refractivity contribution in [2.45, 2.75) is 12.8 Å². The number of hydrogen-bond donors (Lipinski definition) is 0. The summed E-state index contributed by atoms with van der Waals surface area (Å²) >= 11 is 0. The van der Waals surface area contributed by atoms with Crippen molar-refractivity contribution >= 4 is 32.6 Å². The molecule has 0 saturated carbocycles. The van der Waals surface area contributed by atoms with E-state index in [0.29, 0.717) is 0 Å². The average molecular weight is 256 g/mol. The SMILES string of the molecule is c1cnc2c(c1)cc1c3c(cc4cccnc4c32)CC1. The second-order valence-electron chi connectivity index (χ2n) is 5.47. The third-order valence-electron chi connectivity index (χ3n) is 4.37. The lowest BCUT2D eigenvalue weighted by Gasteiger charge is -2.09. The Labute approximate surface area is 116 Å². The zero-order valence-corrected chi connectivity index (χ0v) is 10.9. The number of pyridine rings is 2. The standard InChI is InChI=1S/C18H12N2/c1-3-13-9-11-5-6-12-10-14-4-2-8-20-18(14)16(15(11)12)17(13)19-7-1/h1-4,7-10H,5-6H2. The second kappa shape index (κ2) is 3.54. The summed E-state index contributed by atoms with van der Waals surface area (Å²) in [4.78, 5) is 9.26. The molecule has 2 heterocycles. The molecule has 0 bridgehead atoms. The number of fused-ring (bicyclic) bond motifs is 4. The minimum Gasteiger partial charge on any atom is -0.256 e. The molecule has 20 heavy (non-hydrogen) atoms. The van der Waals surface area contributed by atoms with Crippen LogP contribution in [0.15, 0.2) is 48.8 Å². The van der Waals surface area contributed by atoms with Crippen LogP contribution in [0.3, 0.4) is 0 Å². The van der Waals surface area contributed by atoms with E-state index in [-0.39, 0.29) is 0 Å². The molecule has 0 unspecified atom stereocenters. The van der Waals surface area contributed by atoms with E-state index < -0.39 is 0 Å². The molecule has 0 amide bonds. The van der Waals surface area contributed by atoms with Crippen LogP contribution in [0, 0.1) is 0 Å². The lowest BCUT2D eigenvalue weighted by Crippen LogP contribution is -1.89. The lowest BCUT2D eigenvalue weighted by molar-refractivity contribution is 1.03. The van der Waals surface area contributed by atoms with Crippen molar-refractivity contribution < 1.29 is 0 Å². The summed E-state index contributed by atoms with van der Waals surface area (Å²) in [6, 6.07) is 12.9. The lowest BCUT2D eigenvalue weighted by atomic mass is 9.98. The molecule has 0 atom stereocenters. The maximum Gasteiger partial charge on any atom is 0.0802 e. The first-order valence-electron chi connectivity index (χ1n) is 6.99. The molecule has 1 aliphatic rings. The topological polar surface area (TPSA) is 25.8 Å². The fraction of sp³-hybridized carbons (Fsp3) is 0.111. The van der Waals surface area contributed by atoms with E-state index in [1.807, 2.05) is 24.5 Å². The van der Waals surface area contributed by atoms with Gasteiger partial charge in [0.2, 0.25) is 0 Å². The van der Waals surface area contributed by atoms with Gasteiger partial charge in [0.15, 0.2) is 0 Å². The molecule has 0 radical (unpaired) electrons. The van der Waals surface area contributed by atoms with Crippen LogP contribution in [-0.2, 0) is 12.8 Å². The van der Waals surface area contributed by atoms with Gasteiger partial charge in [0.25, 0.3) is 0 Å². The molecule has 0 saturated heterocycles. The smallest absolute Gasteiger partial charge is 0.0802 e. The quantitative estimate of drug-likeness (QED) is 0.444. The van der Waals surface area contributed by atoms with Crippen LogP contribution in [0.1, 0.15) is 11.1 Å². The summed E-state index contributed by atoms with van der Waals surface area (Å²) in [7, 11) is 0. The first-order chi connectivity index (χ1) is 9.92. The highest BCUT2D eigenvalue weighted by Gasteiger charge is 2.19. The number of aromatic nitrogens is 2. The molecule has 2 nitrogen and oxygen atoms in total. The van der Waals surface area contributed by atoms with E-state index >= 15 is 0 Å². The number of rotatable bonds is 0. The summed E-state index contributed by atoms with van der Waals surface area (Å²) in [5.41, 5.74) is 5.06. The van der Waals surface area contributed by atoms with Crippen molar-refractivity contribution in [2.24, 2.45) is 0 Å². The van der Waals surface area contributed by atoms with Crippen LogP contribution >= 0.6 is 0 Å². The predicted octanol–water partition coefficient (Wildman–Crippen LogP) is 4.03. The second-order valence-corrected chi connectivity index (χ2v) is 5.47. The molecule has 2 aromatic heterocycles. The molecule has 0 N–H and O–H groups in total. The first-order valence-corrected chi connectivity index (χ1v) is 6.99. The van der Waals surface area contributed by atoms with Gasteiger partial charge in [-0.1, -0.05) is 12.1 Å². The van der Waals surface area contributed by atoms with Crippen LogP contribution in [0.25, 0.3) is 32.6 Å². The molecular weight excluding hydrogens is 244 g/mol. The van der Waals surface area contributed by atoms with Gasteiger partial charge in [-0.05, 0) is 53.6 Å². The summed E-state index contributed by atoms with van der Waals surface area (Å²) in [6.45, 7) is 0. The summed E-state index contributed by atoms with van der Waals surface area (Å²) in [5.74, 6) is 0. The Bertz CT molecular complexity index is 924. The number of nitrogens with zero attached hydrogens (tertiary/aromatic N) is 2. The normalized spacial score (nSPS) is 13.6. The van der Waals surface area contributed by atoms with E-state index in [2.05, 4.69) is 34.2 Å². The van der Waals surface area contributed by atoms with Crippen LogP contribution < -0.4 is 0 Å². The van der Waals surface area contributed by atoms with Gasteiger partial charge in [-0.25, -0.2) is 0 Å². The van der Waals surface area contributed by atoms with E-state index in [1.165, 1.54) is 32.7 Å². The van der Waals surface area contributed by atoms with E-state index in [0.717, 1.165) is 23.9 Å². The molecular formula is C18H12N2. The predicted molar refractivity (Wildman–Crippen MR) is 82.0 cm³/mol. The summed E-state index contributed by atoms with van der Waals surface area (Å²) in [5, 5.41) is 5.08. The minimum absolute atomic E-state index is 1.08. The molecule has 0 fully saturated rings. The van der Waals surface area contributed by atoms with E-state index in [1.54, 1.807) is 0 Å². The number of aryl methyl sites for hydroxylation is 2. The van der Waals surface area contributed by atoms with Crippen molar-refractivity contribution in [3.05, 3.63) is 59.9 Å². The van der Waals surface area contributed by atoms with Crippen molar-refractivity contribution in [2.75, 3.05) is 0 Å². The largest absolute Gasteiger partial charge is 0.256 e. The molecule has 1 aliphatic carbocycles. The van der Waals surface area contributed by atoms with Gasteiger partial charge in [-0.3, -0.25) is 9.97 Å². The average Bonchev–Trinajstić information content (AvgIpc) is 2.90. The Morgan fingerprint density at radius 2 is 1.25 bits per heavy atom.